The van der Waals surface area contributed by atoms with Crippen LogP contribution in [0.4, 0.5) is 0 Å². The van der Waals surface area contributed by atoms with Gasteiger partial charge in [-0.05, 0) is 43.2 Å². The molecule has 2 atom stereocenters. The van der Waals surface area contributed by atoms with Crippen LogP contribution in [0.25, 0.3) is 0 Å². The molecule has 0 aliphatic heterocycles. The fraction of sp³-hybridized carbons (Fsp3) is 0.833. The molecule has 0 radical (unpaired) electrons. The minimum absolute atomic E-state index is 0.497. The van der Waals surface area contributed by atoms with Crippen molar-refractivity contribution in [2.24, 2.45) is 11.8 Å². The van der Waals surface area contributed by atoms with Crippen LogP contribution in [0.3, 0.4) is 0 Å². The molecule has 2 unspecified atom stereocenters. The molecule has 4 heteroatoms. The van der Waals surface area contributed by atoms with E-state index in [1.54, 1.807) is 0 Å². The molecule has 1 aliphatic rings. The van der Waals surface area contributed by atoms with Crippen molar-refractivity contribution in [3.05, 3.63) is 11.1 Å². The predicted octanol–water partition coefficient (Wildman–Crippen LogP) is 3.63. The van der Waals surface area contributed by atoms with E-state index in [2.05, 4.69) is 28.6 Å². The SMILES string of the molecule is Cc1nnc(Cl)n1C1CCCCC1C(C)C. The Labute approximate surface area is 102 Å². The Balaban J connectivity index is 2.30. The maximum absolute atomic E-state index is 6.14. The highest BCUT2D eigenvalue weighted by molar-refractivity contribution is 6.28. The number of aryl methyl sites for hydroxylation is 1. The molecule has 0 bridgehead atoms. The van der Waals surface area contributed by atoms with Gasteiger partial charge in [-0.1, -0.05) is 26.7 Å². The summed E-state index contributed by atoms with van der Waals surface area (Å²) in [6, 6.07) is 0.497. The minimum Gasteiger partial charge on any atom is -0.299 e. The normalized spacial score (nSPS) is 26.3. The Bertz CT molecular complexity index is 340. The summed E-state index contributed by atoms with van der Waals surface area (Å²) in [5.41, 5.74) is 0. The van der Waals surface area contributed by atoms with Gasteiger partial charge in [0.1, 0.15) is 5.82 Å². The van der Waals surface area contributed by atoms with E-state index in [4.69, 9.17) is 11.6 Å². The second kappa shape index (κ2) is 4.74. The molecule has 1 aromatic heterocycles. The van der Waals surface area contributed by atoms with Crippen LogP contribution < -0.4 is 0 Å². The van der Waals surface area contributed by atoms with Crippen LogP contribution in [0.2, 0.25) is 5.28 Å². The molecule has 1 heterocycles. The Morgan fingerprint density at radius 2 is 1.94 bits per heavy atom. The van der Waals surface area contributed by atoms with Gasteiger partial charge in [0.15, 0.2) is 0 Å². The summed E-state index contributed by atoms with van der Waals surface area (Å²) in [6.07, 6.45) is 5.15. The van der Waals surface area contributed by atoms with Gasteiger partial charge in [-0.3, -0.25) is 4.57 Å². The van der Waals surface area contributed by atoms with Crippen LogP contribution in [-0.4, -0.2) is 14.8 Å². The van der Waals surface area contributed by atoms with Crippen molar-refractivity contribution >= 4 is 11.6 Å². The van der Waals surface area contributed by atoms with Crippen LogP contribution in [0.1, 0.15) is 51.4 Å². The molecular formula is C12H20ClN3. The summed E-state index contributed by atoms with van der Waals surface area (Å²) in [6.45, 7) is 6.60. The summed E-state index contributed by atoms with van der Waals surface area (Å²) in [5, 5.41) is 8.58. The van der Waals surface area contributed by atoms with E-state index in [1.165, 1.54) is 25.7 Å². The highest BCUT2D eigenvalue weighted by Gasteiger charge is 2.31. The highest BCUT2D eigenvalue weighted by Crippen LogP contribution is 2.39. The van der Waals surface area contributed by atoms with Crippen LogP contribution in [0.15, 0.2) is 0 Å². The number of hydrogen-bond acceptors (Lipinski definition) is 2. The van der Waals surface area contributed by atoms with Crippen molar-refractivity contribution in [3.63, 3.8) is 0 Å². The number of rotatable bonds is 2. The van der Waals surface area contributed by atoms with Gasteiger partial charge in [0, 0.05) is 6.04 Å². The largest absolute Gasteiger partial charge is 0.299 e. The van der Waals surface area contributed by atoms with E-state index in [1.807, 2.05) is 6.92 Å². The minimum atomic E-state index is 0.497. The first-order valence-corrected chi connectivity index (χ1v) is 6.56. The molecule has 2 rings (SSSR count). The first kappa shape index (κ1) is 11.9. The maximum atomic E-state index is 6.14. The first-order valence-electron chi connectivity index (χ1n) is 6.18. The number of nitrogens with zero attached hydrogens (tertiary/aromatic N) is 3. The molecule has 1 aromatic rings. The number of aromatic nitrogens is 3. The van der Waals surface area contributed by atoms with E-state index in [-0.39, 0.29) is 0 Å². The Hall–Kier alpha value is -0.570. The fourth-order valence-corrected chi connectivity index (χ4v) is 3.24. The van der Waals surface area contributed by atoms with Crippen LogP contribution in [-0.2, 0) is 0 Å². The third-order valence-electron chi connectivity index (χ3n) is 3.79. The summed E-state index contributed by atoms with van der Waals surface area (Å²) in [5.74, 6) is 2.35. The van der Waals surface area contributed by atoms with Crippen LogP contribution >= 0.6 is 11.6 Å². The van der Waals surface area contributed by atoms with E-state index in [0.29, 0.717) is 23.2 Å². The maximum Gasteiger partial charge on any atom is 0.225 e. The van der Waals surface area contributed by atoms with Gasteiger partial charge >= 0.3 is 0 Å². The molecule has 1 saturated carbocycles. The molecule has 0 N–H and O–H groups in total. The average molecular weight is 242 g/mol. The van der Waals surface area contributed by atoms with Gasteiger partial charge in [-0.25, -0.2) is 0 Å². The Morgan fingerprint density at radius 1 is 1.25 bits per heavy atom. The third-order valence-corrected chi connectivity index (χ3v) is 4.05. The molecule has 1 fully saturated rings. The third kappa shape index (κ3) is 2.10. The first-order chi connectivity index (χ1) is 7.61. The lowest BCUT2D eigenvalue weighted by molar-refractivity contribution is 0.182. The second-order valence-corrected chi connectivity index (χ2v) is 5.48. The van der Waals surface area contributed by atoms with E-state index >= 15 is 0 Å². The lowest BCUT2D eigenvalue weighted by atomic mass is 9.77. The van der Waals surface area contributed by atoms with E-state index < -0.39 is 0 Å². The molecule has 0 spiro atoms. The monoisotopic (exact) mass is 241 g/mol. The van der Waals surface area contributed by atoms with Crippen molar-refractivity contribution < 1.29 is 0 Å². The summed E-state index contributed by atoms with van der Waals surface area (Å²) in [7, 11) is 0. The van der Waals surface area contributed by atoms with Crippen molar-refractivity contribution in [3.8, 4) is 0 Å². The lowest BCUT2D eigenvalue weighted by Gasteiger charge is -2.35. The molecule has 0 aromatic carbocycles. The molecule has 0 saturated heterocycles. The lowest BCUT2D eigenvalue weighted by Crippen LogP contribution is -2.27. The van der Waals surface area contributed by atoms with E-state index in [0.717, 1.165) is 5.82 Å². The Kier molecular flexibility index (Phi) is 3.53. The van der Waals surface area contributed by atoms with Crippen molar-refractivity contribution in [2.45, 2.75) is 52.5 Å². The second-order valence-electron chi connectivity index (χ2n) is 5.15. The molecule has 3 nitrogen and oxygen atoms in total. The molecule has 0 amide bonds. The summed E-state index contributed by atoms with van der Waals surface area (Å²) < 4.78 is 2.13. The average Bonchev–Trinajstić information content (AvgIpc) is 2.58. The van der Waals surface area contributed by atoms with Crippen molar-refractivity contribution in [2.75, 3.05) is 0 Å². The molecule has 1 aliphatic carbocycles. The van der Waals surface area contributed by atoms with Gasteiger partial charge in [-0.15, -0.1) is 10.2 Å². The van der Waals surface area contributed by atoms with Crippen molar-refractivity contribution in [1.29, 1.82) is 0 Å². The van der Waals surface area contributed by atoms with Gasteiger partial charge < -0.3 is 0 Å². The number of hydrogen-bond donors (Lipinski definition) is 0. The predicted molar refractivity (Wildman–Crippen MR) is 65.6 cm³/mol. The Morgan fingerprint density at radius 3 is 2.50 bits per heavy atom. The zero-order chi connectivity index (χ0) is 11.7. The van der Waals surface area contributed by atoms with Gasteiger partial charge in [0.2, 0.25) is 5.28 Å². The van der Waals surface area contributed by atoms with E-state index in [9.17, 15) is 0 Å². The molecular weight excluding hydrogens is 222 g/mol. The smallest absolute Gasteiger partial charge is 0.225 e. The molecule has 16 heavy (non-hydrogen) atoms. The van der Waals surface area contributed by atoms with Gasteiger partial charge in [0.05, 0.1) is 0 Å². The summed E-state index contributed by atoms with van der Waals surface area (Å²) in [4.78, 5) is 0. The standard InChI is InChI=1S/C12H20ClN3/c1-8(2)10-6-4-5-7-11(10)16-9(3)14-15-12(16)13/h8,10-11H,4-7H2,1-3H3. The topological polar surface area (TPSA) is 30.7 Å². The molecule has 90 valence electrons. The highest BCUT2D eigenvalue weighted by atomic mass is 35.5. The fourth-order valence-electron chi connectivity index (χ4n) is 2.96. The van der Waals surface area contributed by atoms with Crippen LogP contribution in [0.5, 0.6) is 0 Å². The number of halogens is 1. The van der Waals surface area contributed by atoms with Crippen molar-refractivity contribution in [1.82, 2.24) is 14.8 Å². The zero-order valence-corrected chi connectivity index (χ0v) is 11.0. The zero-order valence-electron chi connectivity index (χ0n) is 10.3. The quantitative estimate of drug-likeness (QED) is 0.792. The van der Waals surface area contributed by atoms with Crippen LogP contribution in [0, 0.1) is 18.8 Å². The van der Waals surface area contributed by atoms with Gasteiger partial charge in [0.25, 0.3) is 0 Å². The summed E-state index contributed by atoms with van der Waals surface area (Å²) >= 11 is 6.14. The van der Waals surface area contributed by atoms with Gasteiger partial charge in [-0.2, -0.15) is 0 Å².